The number of amides is 1. The van der Waals surface area contributed by atoms with E-state index in [0.29, 0.717) is 29.8 Å². The van der Waals surface area contributed by atoms with Crippen molar-refractivity contribution >= 4 is 23.3 Å². The molecular formula is C19H18N2O6. The predicted octanol–water partition coefficient (Wildman–Crippen LogP) is 3.09. The summed E-state index contributed by atoms with van der Waals surface area (Å²) < 4.78 is 10.4. The van der Waals surface area contributed by atoms with E-state index in [4.69, 9.17) is 9.47 Å². The van der Waals surface area contributed by atoms with Crippen molar-refractivity contribution in [3.05, 3.63) is 63.7 Å². The van der Waals surface area contributed by atoms with Gasteiger partial charge in [0.15, 0.2) is 0 Å². The van der Waals surface area contributed by atoms with E-state index in [-0.39, 0.29) is 18.2 Å². The second-order valence-electron chi connectivity index (χ2n) is 6.03. The molecule has 2 aromatic rings. The molecule has 1 heterocycles. The SMILES string of the molecule is COc1ccc([N+](=O)[O-])cc1COC(=O)c1ccc(N2CCCC2=O)cc1. The first kappa shape index (κ1) is 18.4. The van der Waals surface area contributed by atoms with Crippen molar-refractivity contribution in [1.82, 2.24) is 0 Å². The molecule has 1 amide bonds. The average Bonchev–Trinajstić information content (AvgIpc) is 3.11. The molecule has 1 aliphatic rings. The molecule has 1 aliphatic heterocycles. The fourth-order valence-electron chi connectivity index (χ4n) is 2.92. The summed E-state index contributed by atoms with van der Waals surface area (Å²) in [6.45, 7) is 0.519. The monoisotopic (exact) mass is 370 g/mol. The molecule has 8 nitrogen and oxygen atoms in total. The zero-order valence-corrected chi connectivity index (χ0v) is 14.7. The van der Waals surface area contributed by atoms with Gasteiger partial charge in [0.05, 0.1) is 17.6 Å². The predicted molar refractivity (Wildman–Crippen MR) is 96.8 cm³/mol. The molecule has 3 rings (SSSR count). The van der Waals surface area contributed by atoms with E-state index in [1.54, 1.807) is 29.2 Å². The lowest BCUT2D eigenvalue weighted by Crippen LogP contribution is -2.23. The van der Waals surface area contributed by atoms with Crippen molar-refractivity contribution in [1.29, 1.82) is 0 Å². The Labute approximate surface area is 155 Å². The summed E-state index contributed by atoms with van der Waals surface area (Å²) in [5.41, 5.74) is 1.37. The van der Waals surface area contributed by atoms with E-state index in [1.165, 1.54) is 25.3 Å². The Morgan fingerprint density at radius 2 is 1.96 bits per heavy atom. The highest BCUT2D eigenvalue weighted by Gasteiger charge is 2.22. The molecule has 0 atom stereocenters. The molecule has 0 aliphatic carbocycles. The van der Waals surface area contributed by atoms with Crippen LogP contribution in [0.15, 0.2) is 42.5 Å². The summed E-state index contributed by atoms with van der Waals surface area (Å²) in [5, 5.41) is 10.9. The minimum atomic E-state index is -0.567. The molecular weight excluding hydrogens is 352 g/mol. The fraction of sp³-hybridized carbons (Fsp3) is 0.263. The number of rotatable bonds is 6. The number of nitrogens with zero attached hydrogens (tertiary/aromatic N) is 2. The van der Waals surface area contributed by atoms with Gasteiger partial charge in [-0.3, -0.25) is 14.9 Å². The largest absolute Gasteiger partial charge is 0.496 e. The number of carbonyl (C=O) groups excluding carboxylic acids is 2. The summed E-state index contributed by atoms with van der Waals surface area (Å²) in [6.07, 6.45) is 1.36. The van der Waals surface area contributed by atoms with Crippen LogP contribution in [0.1, 0.15) is 28.8 Å². The summed E-state index contributed by atoms with van der Waals surface area (Å²) in [6, 6.07) is 10.7. The molecule has 0 spiro atoms. The van der Waals surface area contributed by atoms with E-state index in [9.17, 15) is 19.7 Å². The fourth-order valence-corrected chi connectivity index (χ4v) is 2.92. The molecule has 1 fully saturated rings. The summed E-state index contributed by atoms with van der Waals surface area (Å²) >= 11 is 0. The summed E-state index contributed by atoms with van der Waals surface area (Å²) in [4.78, 5) is 36.1. The molecule has 0 bridgehead atoms. The Kier molecular flexibility index (Phi) is 5.35. The van der Waals surface area contributed by atoms with Crippen LogP contribution < -0.4 is 9.64 Å². The minimum absolute atomic E-state index is 0.0723. The number of esters is 1. The van der Waals surface area contributed by atoms with E-state index < -0.39 is 10.9 Å². The van der Waals surface area contributed by atoms with E-state index in [0.717, 1.165) is 12.1 Å². The molecule has 1 saturated heterocycles. The van der Waals surface area contributed by atoms with E-state index >= 15 is 0 Å². The van der Waals surface area contributed by atoms with Gasteiger partial charge in [-0.25, -0.2) is 4.79 Å². The van der Waals surface area contributed by atoms with Gasteiger partial charge in [-0.05, 0) is 36.8 Å². The number of methoxy groups -OCH3 is 1. The Morgan fingerprint density at radius 3 is 2.56 bits per heavy atom. The second kappa shape index (κ2) is 7.86. The molecule has 27 heavy (non-hydrogen) atoms. The van der Waals surface area contributed by atoms with E-state index in [1.807, 2.05) is 0 Å². The zero-order chi connectivity index (χ0) is 19.4. The highest BCUT2D eigenvalue weighted by molar-refractivity contribution is 5.96. The van der Waals surface area contributed by atoms with Crippen molar-refractivity contribution in [2.75, 3.05) is 18.6 Å². The van der Waals surface area contributed by atoms with Gasteiger partial charge in [-0.2, -0.15) is 0 Å². The first-order valence-electron chi connectivity index (χ1n) is 8.38. The van der Waals surface area contributed by atoms with Crippen LogP contribution in [0.4, 0.5) is 11.4 Å². The molecule has 0 unspecified atom stereocenters. The van der Waals surface area contributed by atoms with Gasteiger partial charge in [-0.1, -0.05) is 0 Å². The first-order valence-corrected chi connectivity index (χ1v) is 8.38. The third kappa shape index (κ3) is 4.05. The quantitative estimate of drug-likeness (QED) is 0.440. The maximum Gasteiger partial charge on any atom is 0.338 e. The topological polar surface area (TPSA) is 99.0 Å². The van der Waals surface area contributed by atoms with Crippen molar-refractivity contribution in [3.8, 4) is 5.75 Å². The highest BCUT2D eigenvalue weighted by atomic mass is 16.6. The summed E-state index contributed by atoms with van der Waals surface area (Å²) in [7, 11) is 1.44. The van der Waals surface area contributed by atoms with Gasteiger partial charge in [0.2, 0.25) is 5.91 Å². The number of hydrogen-bond donors (Lipinski definition) is 0. The van der Waals surface area contributed by atoms with Gasteiger partial charge < -0.3 is 14.4 Å². The van der Waals surface area contributed by atoms with Crippen LogP contribution in [0.25, 0.3) is 0 Å². The van der Waals surface area contributed by atoms with Crippen molar-refractivity contribution < 1.29 is 24.0 Å². The maximum atomic E-state index is 12.3. The molecule has 0 aromatic heterocycles. The van der Waals surface area contributed by atoms with Gasteiger partial charge in [0, 0.05) is 36.3 Å². The average molecular weight is 370 g/mol. The van der Waals surface area contributed by atoms with Crippen LogP contribution >= 0.6 is 0 Å². The number of ether oxygens (including phenoxy) is 2. The minimum Gasteiger partial charge on any atom is -0.496 e. The Balaban J connectivity index is 1.68. The van der Waals surface area contributed by atoms with Crippen LogP contribution in [0.3, 0.4) is 0 Å². The van der Waals surface area contributed by atoms with Crippen LogP contribution in [-0.2, 0) is 16.1 Å². The van der Waals surface area contributed by atoms with Crippen LogP contribution in [0.2, 0.25) is 0 Å². The van der Waals surface area contributed by atoms with Crippen LogP contribution in [0, 0.1) is 10.1 Å². The van der Waals surface area contributed by atoms with Gasteiger partial charge in [0.25, 0.3) is 5.69 Å². The number of carbonyl (C=O) groups is 2. The highest BCUT2D eigenvalue weighted by Crippen LogP contribution is 2.25. The number of benzene rings is 2. The van der Waals surface area contributed by atoms with E-state index in [2.05, 4.69) is 0 Å². The number of hydrogen-bond acceptors (Lipinski definition) is 6. The smallest absolute Gasteiger partial charge is 0.338 e. The number of nitro groups is 1. The number of non-ortho nitro benzene ring substituents is 1. The van der Waals surface area contributed by atoms with Gasteiger partial charge in [-0.15, -0.1) is 0 Å². The van der Waals surface area contributed by atoms with Crippen LogP contribution in [0.5, 0.6) is 5.75 Å². The Morgan fingerprint density at radius 1 is 1.22 bits per heavy atom. The second-order valence-corrected chi connectivity index (χ2v) is 6.03. The summed E-state index contributed by atoms with van der Waals surface area (Å²) in [5.74, 6) is -0.0951. The van der Waals surface area contributed by atoms with Crippen molar-refractivity contribution in [2.45, 2.75) is 19.4 Å². The molecule has 0 radical (unpaired) electrons. The van der Waals surface area contributed by atoms with Gasteiger partial charge in [0.1, 0.15) is 12.4 Å². The Hall–Kier alpha value is -3.42. The third-order valence-electron chi connectivity index (χ3n) is 4.32. The molecule has 2 aromatic carbocycles. The van der Waals surface area contributed by atoms with Crippen molar-refractivity contribution in [3.63, 3.8) is 0 Å². The molecule has 8 heteroatoms. The lowest BCUT2D eigenvalue weighted by molar-refractivity contribution is -0.385. The lowest BCUT2D eigenvalue weighted by Gasteiger charge is -2.15. The standard InChI is InChI=1S/C19H18N2O6/c1-26-17-9-8-16(21(24)25)11-14(17)12-27-19(23)13-4-6-15(7-5-13)20-10-2-3-18(20)22/h4-9,11H,2-3,10,12H2,1H3. The third-order valence-corrected chi connectivity index (χ3v) is 4.32. The first-order chi connectivity index (χ1) is 13.0. The lowest BCUT2D eigenvalue weighted by atomic mass is 10.2. The van der Waals surface area contributed by atoms with Gasteiger partial charge >= 0.3 is 5.97 Å². The zero-order valence-electron chi connectivity index (χ0n) is 14.7. The van der Waals surface area contributed by atoms with Crippen molar-refractivity contribution in [2.24, 2.45) is 0 Å². The normalized spacial score (nSPS) is 13.5. The molecule has 140 valence electrons. The number of nitro benzene ring substituents is 1. The maximum absolute atomic E-state index is 12.3. The van der Waals surface area contributed by atoms with Crippen LogP contribution in [-0.4, -0.2) is 30.5 Å². The molecule has 0 N–H and O–H groups in total. The Bertz CT molecular complexity index is 878. The molecule has 0 saturated carbocycles. The number of anilines is 1.